The van der Waals surface area contributed by atoms with Crippen LogP contribution in [0.2, 0.25) is 5.02 Å². The van der Waals surface area contributed by atoms with E-state index in [1.54, 1.807) is 6.21 Å². The molecule has 0 aliphatic rings. The fourth-order valence-corrected chi connectivity index (χ4v) is 3.19. The zero-order valence-electron chi connectivity index (χ0n) is 15.4. The van der Waals surface area contributed by atoms with Crippen LogP contribution in [0.3, 0.4) is 0 Å². The Labute approximate surface area is 189 Å². The lowest BCUT2D eigenvalue weighted by Crippen LogP contribution is -2.31. The summed E-state index contributed by atoms with van der Waals surface area (Å²) < 4.78 is 6.87. The van der Waals surface area contributed by atoms with E-state index in [1.165, 1.54) is 0 Å². The SMILES string of the molecule is S=C(NCc1ccccc1)NN=Cc1cc(Br)ccc1OCc1ccccc1Cl. The second-order valence-corrected chi connectivity index (χ2v) is 7.83. The van der Waals surface area contributed by atoms with Gasteiger partial charge in [-0.05, 0) is 42.0 Å². The average Bonchev–Trinajstić information content (AvgIpc) is 2.73. The molecular weight excluding hydrogens is 470 g/mol. The van der Waals surface area contributed by atoms with Gasteiger partial charge in [0.25, 0.3) is 0 Å². The summed E-state index contributed by atoms with van der Waals surface area (Å²) in [6, 6.07) is 23.4. The Kier molecular flexibility index (Phi) is 8.04. The molecule has 3 rings (SSSR count). The second-order valence-electron chi connectivity index (χ2n) is 6.10. The number of hydrazone groups is 1. The van der Waals surface area contributed by atoms with Gasteiger partial charge in [-0.15, -0.1) is 0 Å². The summed E-state index contributed by atoms with van der Waals surface area (Å²) in [6.07, 6.45) is 1.67. The summed E-state index contributed by atoms with van der Waals surface area (Å²) in [5.74, 6) is 0.696. The molecule has 0 atom stereocenters. The van der Waals surface area contributed by atoms with Crippen molar-refractivity contribution in [3.05, 3.63) is 99.0 Å². The van der Waals surface area contributed by atoms with Gasteiger partial charge in [0.15, 0.2) is 5.11 Å². The third kappa shape index (κ3) is 6.85. The van der Waals surface area contributed by atoms with Gasteiger partial charge in [-0.3, -0.25) is 5.43 Å². The normalized spacial score (nSPS) is 10.7. The minimum atomic E-state index is 0.368. The molecule has 0 aliphatic heterocycles. The molecule has 0 amide bonds. The van der Waals surface area contributed by atoms with Crippen molar-refractivity contribution >= 4 is 51.1 Å². The van der Waals surface area contributed by atoms with Crippen LogP contribution < -0.4 is 15.5 Å². The van der Waals surface area contributed by atoms with E-state index in [0.29, 0.717) is 29.0 Å². The number of hydrogen-bond donors (Lipinski definition) is 2. The Hall–Kier alpha value is -2.41. The van der Waals surface area contributed by atoms with E-state index < -0.39 is 0 Å². The first-order chi connectivity index (χ1) is 14.1. The van der Waals surface area contributed by atoms with Crippen LogP contribution in [0.1, 0.15) is 16.7 Å². The first kappa shape index (κ1) is 21.3. The maximum absolute atomic E-state index is 6.20. The molecule has 7 heteroatoms. The van der Waals surface area contributed by atoms with E-state index in [1.807, 2.05) is 72.8 Å². The highest BCUT2D eigenvalue weighted by Crippen LogP contribution is 2.24. The van der Waals surface area contributed by atoms with Crippen LogP contribution in [0.25, 0.3) is 0 Å². The molecule has 0 aliphatic carbocycles. The van der Waals surface area contributed by atoms with Crippen molar-refractivity contribution in [2.75, 3.05) is 0 Å². The zero-order valence-corrected chi connectivity index (χ0v) is 18.6. The maximum Gasteiger partial charge on any atom is 0.187 e. The number of benzene rings is 3. The molecule has 148 valence electrons. The zero-order chi connectivity index (χ0) is 20.5. The van der Waals surface area contributed by atoms with Gasteiger partial charge in [0, 0.05) is 27.2 Å². The summed E-state index contributed by atoms with van der Waals surface area (Å²) >= 11 is 14.9. The molecule has 0 spiro atoms. The highest BCUT2D eigenvalue weighted by atomic mass is 79.9. The van der Waals surface area contributed by atoms with Gasteiger partial charge in [0.1, 0.15) is 12.4 Å². The molecule has 3 aromatic rings. The predicted molar refractivity (Wildman–Crippen MR) is 127 cm³/mol. The van der Waals surface area contributed by atoms with Crippen LogP contribution in [-0.2, 0) is 13.2 Å². The van der Waals surface area contributed by atoms with Gasteiger partial charge < -0.3 is 10.1 Å². The fourth-order valence-electron chi connectivity index (χ4n) is 2.50. The van der Waals surface area contributed by atoms with Crippen molar-refractivity contribution in [2.45, 2.75) is 13.2 Å². The number of halogens is 2. The number of rotatable bonds is 7. The number of thiocarbonyl (C=S) groups is 1. The molecule has 0 bridgehead atoms. The Bertz CT molecular complexity index is 998. The molecule has 0 saturated carbocycles. The maximum atomic E-state index is 6.20. The first-order valence-corrected chi connectivity index (χ1v) is 10.5. The van der Waals surface area contributed by atoms with Gasteiger partial charge in [0.2, 0.25) is 0 Å². The molecule has 0 saturated heterocycles. The Balaban J connectivity index is 1.58. The van der Waals surface area contributed by atoms with Crippen molar-refractivity contribution in [2.24, 2.45) is 5.10 Å². The Morgan fingerprint density at radius 3 is 2.62 bits per heavy atom. The van der Waals surface area contributed by atoms with Crippen molar-refractivity contribution < 1.29 is 4.74 Å². The van der Waals surface area contributed by atoms with Gasteiger partial charge in [-0.2, -0.15) is 5.10 Å². The highest BCUT2D eigenvalue weighted by Gasteiger charge is 2.05. The van der Waals surface area contributed by atoms with Gasteiger partial charge in [-0.1, -0.05) is 76.1 Å². The van der Waals surface area contributed by atoms with Crippen molar-refractivity contribution in [1.82, 2.24) is 10.7 Å². The smallest absolute Gasteiger partial charge is 0.187 e. The van der Waals surface area contributed by atoms with E-state index in [9.17, 15) is 0 Å². The quantitative estimate of drug-likeness (QED) is 0.255. The topological polar surface area (TPSA) is 45.7 Å². The van der Waals surface area contributed by atoms with Crippen LogP contribution in [0.15, 0.2) is 82.4 Å². The highest BCUT2D eigenvalue weighted by molar-refractivity contribution is 9.10. The molecule has 3 aromatic carbocycles. The van der Waals surface area contributed by atoms with Crippen LogP contribution in [0.5, 0.6) is 5.75 Å². The van der Waals surface area contributed by atoms with Crippen LogP contribution in [0.4, 0.5) is 0 Å². The van der Waals surface area contributed by atoms with Crippen molar-refractivity contribution in [3.8, 4) is 5.75 Å². The van der Waals surface area contributed by atoms with Gasteiger partial charge in [-0.25, -0.2) is 0 Å². The Morgan fingerprint density at radius 1 is 1.07 bits per heavy atom. The molecule has 0 unspecified atom stereocenters. The van der Waals surface area contributed by atoms with E-state index >= 15 is 0 Å². The summed E-state index contributed by atoms with van der Waals surface area (Å²) in [4.78, 5) is 0. The molecular formula is C22H19BrClN3OS. The summed E-state index contributed by atoms with van der Waals surface area (Å²) in [6.45, 7) is 0.998. The van der Waals surface area contributed by atoms with E-state index in [4.69, 9.17) is 28.6 Å². The van der Waals surface area contributed by atoms with E-state index in [2.05, 4.69) is 31.8 Å². The molecule has 4 nitrogen and oxygen atoms in total. The third-order valence-corrected chi connectivity index (χ3v) is 5.08. The first-order valence-electron chi connectivity index (χ1n) is 8.88. The Morgan fingerprint density at radius 2 is 1.83 bits per heavy atom. The number of ether oxygens (including phenoxy) is 1. The molecule has 2 N–H and O–H groups in total. The monoisotopic (exact) mass is 487 g/mol. The third-order valence-electron chi connectivity index (χ3n) is 3.98. The van der Waals surface area contributed by atoms with E-state index in [-0.39, 0.29) is 0 Å². The largest absolute Gasteiger partial charge is 0.488 e. The minimum absolute atomic E-state index is 0.368. The molecule has 0 aromatic heterocycles. The predicted octanol–water partition coefficient (Wildman–Crippen LogP) is 5.68. The lowest BCUT2D eigenvalue weighted by atomic mass is 10.2. The molecule has 0 fully saturated rings. The van der Waals surface area contributed by atoms with E-state index in [0.717, 1.165) is 21.2 Å². The standard InChI is InChI=1S/C22H19BrClN3OS/c23-19-10-11-21(28-15-17-8-4-5-9-20(17)24)18(12-19)14-26-27-22(29)25-13-16-6-2-1-3-7-16/h1-12,14H,13,15H2,(H2,25,27,29). The van der Waals surface area contributed by atoms with Crippen LogP contribution in [-0.4, -0.2) is 11.3 Å². The van der Waals surface area contributed by atoms with Crippen LogP contribution in [0, 0.1) is 0 Å². The molecule has 29 heavy (non-hydrogen) atoms. The molecule has 0 heterocycles. The van der Waals surface area contributed by atoms with Crippen molar-refractivity contribution in [1.29, 1.82) is 0 Å². The van der Waals surface area contributed by atoms with Crippen LogP contribution >= 0.6 is 39.7 Å². The lowest BCUT2D eigenvalue weighted by molar-refractivity contribution is 0.306. The molecule has 0 radical (unpaired) electrons. The number of hydrogen-bond acceptors (Lipinski definition) is 3. The number of nitrogens with zero attached hydrogens (tertiary/aromatic N) is 1. The summed E-state index contributed by atoms with van der Waals surface area (Å²) in [5.41, 5.74) is 5.70. The van der Waals surface area contributed by atoms with Gasteiger partial charge in [0.05, 0.1) is 6.21 Å². The number of nitrogens with one attached hydrogen (secondary N) is 2. The fraction of sp³-hybridized carbons (Fsp3) is 0.0909. The lowest BCUT2D eigenvalue weighted by Gasteiger charge is -2.11. The van der Waals surface area contributed by atoms with Gasteiger partial charge >= 0.3 is 0 Å². The minimum Gasteiger partial charge on any atom is -0.488 e. The summed E-state index contributed by atoms with van der Waals surface area (Å²) in [7, 11) is 0. The summed E-state index contributed by atoms with van der Waals surface area (Å²) in [5, 5.41) is 8.46. The second kappa shape index (κ2) is 11.0. The van der Waals surface area contributed by atoms with Crippen molar-refractivity contribution in [3.63, 3.8) is 0 Å². The average molecular weight is 489 g/mol.